The van der Waals surface area contributed by atoms with Crippen molar-refractivity contribution < 1.29 is 17.9 Å². The molecule has 0 atom stereocenters. The lowest BCUT2D eigenvalue weighted by Gasteiger charge is -2.29. The number of hydrogen-bond donors (Lipinski definition) is 1. The third-order valence-electron chi connectivity index (χ3n) is 4.49. The third kappa shape index (κ3) is 5.71. The molecule has 7 heteroatoms. The summed E-state index contributed by atoms with van der Waals surface area (Å²) in [4.78, 5) is 12.2. The van der Waals surface area contributed by atoms with E-state index in [-0.39, 0.29) is 11.8 Å². The topological polar surface area (TPSA) is 75.7 Å². The fourth-order valence-corrected chi connectivity index (χ4v) is 3.89. The van der Waals surface area contributed by atoms with Crippen LogP contribution < -0.4 is 10.1 Å². The quantitative estimate of drug-likeness (QED) is 0.747. The summed E-state index contributed by atoms with van der Waals surface area (Å²) in [7, 11) is -3.16. The van der Waals surface area contributed by atoms with Crippen LogP contribution in [0.5, 0.6) is 5.75 Å². The zero-order valence-electron chi connectivity index (χ0n) is 15.2. The van der Waals surface area contributed by atoms with Crippen molar-refractivity contribution in [2.45, 2.75) is 32.6 Å². The van der Waals surface area contributed by atoms with E-state index in [0.717, 1.165) is 11.3 Å². The molecule has 1 saturated heterocycles. The number of sulfonamides is 1. The average molecular weight is 368 g/mol. The van der Waals surface area contributed by atoms with E-state index in [1.165, 1.54) is 10.6 Å². The van der Waals surface area contributed by atoms with Gasteiger partial charge in [-0.1, -0.05) is 32.0 Å². The summed E-state index contributed by atoms with van der Waals surface area (Å²) in [5.41, 5.74) is 1.15. The Kier molecular flexibility index (Phi) is 6.84. The zero-order valence-corrected chi connectivity index (χ0v) is 16.0. The van der Waals surface area contributed by atoms with Crippen molar-refractivity contribution >= 4 is 15.9 Å². The highest BCUT2D eigenvalue weighted by Crippen LogP contribution is 2.25. The Labute approximate surface area is 150 Å². The monoisotopic (exact) mass is 368 g/mol. The Morgan fingerprint density at radius 3 is 2.52 bits per heavy atom. The molecule has 1 amide bonds. The molecule has 140 valence electrons. The number of rotatable bonds is 7. The first-order valence-electron chi connectivity index (χ1n) is 8.73. The number of para-hydroxylation sites is 1. The second kappa shape index (κ2) is 8.67. The van der Waals surface area contributed by atoms with E-state index < -0.39 is 10.0 Å². The zero-order chi connectivity index (χ0) is 18.4. The normalized spacial score (nSPS) is 16.8. The molecule has 0 bridgehead atoms. The molecule has 0 unspecified atom stereocenters. The van der Waals surface area contributed by atoms with Crippen LogP contribution in [0.3, 0.4) is 0 Å². The molecule has 1 aliphatic rings. The first-order valence-corrected chi connectivity index (χ1v) is 10.6. The predicted octanol–water partition coefficient (Wildman–Crippen LogP) is 1.98. The molecule has 1 heterocycles. The number of nitrogens with zero attached hydrogens (tertiary/aromatic N) is 1. The van der Waals surface area contributed by atoms with Crippen LogP contribution >= 0.6 is 0 Å². The molecular weight excluding hydrogens is 340 g/mol. The first kappa shape index (κ1) is 19.7. The van der Waals surface area contributed by atoms with Crippen LogP contribution in [0.4, 0.5) is 0 Å². The molecule has 6 nitrogen and oxygen atoms in total. The number of piperidine rings is 1. The van der Waals surface area contributed by atoms with Crippen LogP contribution in [0.25, 0.3) is 0 Å². The van der Waals surface area contributed by atoms with Crippen molar-refractivity contribution in [1.82, 2.24) is 9.62 Å². The Bertz CT molecular complexity index is 680. The van der Waals surface area contributed by atoms with Gasteiger partial charge in [0.15, 0.2) is 0 Å². The molecule has 0 saturated carbocycles. The molecule has 1 aromatic rings. The van der Waals surface area contributed by atoms with E-state index in [1.807, 2.05) is 24.3 Å². The minimum absolute atomic E-state index is 0.0195. The Morgan fingerprint density at radius 1 is 1.28 bits per heavy atom. The van der Waals surface area contributed by atoms with E-state index in [1.54, 1.807) is 0 Å². The second-order valence-corrected chi connectivity index (χ2v) is 8.75. The van der Waals surface area contributed by atoms with Gasteiger partial charge in [-0.2, -0.15) is 0 Å². The van der Waals surface area contributed by atoms with Gasteiger partial charge in [0.2, 0.25) is 15.9 Å². The van der Waals surface area contributed by atoms with E-state index in [4.69, 9.17) is 4.74 Å². The minimum atomic E-state index is -3.16. The summed E-state index contributed by atoms with van der Waals surface area (Å²) in [5.74, 6) is 1.09. The molecule has 0 aromatic heterocycles. The van der Waals surface area contributed by atoms with Crippen LogP contribution in [0.1, 0.15) is 38.2 Å². The van der Waals surface area contributed by atoms with Gasteiger partial charge in [0, 0.05) is 19.0 Å². The number of ether oxygens (including phenoxy) is 1. The summed E-state index contributed by atoms with van der Waals surface area (Å²) in [5, 5.41) is 2.89. The molecule has 0 spiro atoms. The summed E-state index contributed by atoms with van der Waals surface area (Å²) in [6.45, 7) is 5.92. The summed E-state index contributed by atoms with van der Waals surface area (Å²) >= 11 is 0. The molecule has 1 aliphatic heterocycles. The highest BCUT2D eigenvalue weighted by molar-refractivity contribution is 7.88. The lowest BCUT2D eigenvalue weighted by atomic mass is 9.97. The molecule has 0 radical (unpaired) electrons. The van der Waals surface area contributed by atoms with Gasteiger partial charge in [0.25, 0.3) is 0 Å². The third-order valence-corrected chi connectivity index (χ3v) is 5.80. The van der Waals surface area contributed by atoms with Crippen molar-refractivity contribution in [2.75, 3.05) is 32.5 Å². The van der Waals surface area contributed by atoms with Crippen molar-refractivity contribution in [3.8, 4) is 5.75 Å². The van der Waals surface area contributed by atoms with E-state index >= 15 is 0 Å². The summed E-state index contributed by atoms with van der Waals surface area (Å²) in [6.07, 6.45) is 2.34. The van der Waals surface area contributed by atoms with Gasteiger partial charge in [-0.25, -0.2) is 12.7 Å². The Balaban J connectivity index is 1.73. The largest absolute Gasteiger partial charge is 0.491 e. The average Bonchev–Trinajstić information content (AvgIpc) is 2.58. The molecule has 2 rings (SSSR count). The molecule has 1 aromatic carbocycles. The Morgan fingerprint density at radius 2 is 1.92 bits per heavy atom. The number of benzene rings is 1. The molecule has 0 aliphatic carbocycles. The number of carbonyl (C=O) groups is 1. The van der Waals surface area contributed by atoms with Crippen LogP contribution in [0.15, 0.2) is 24.3 Å². The van der Waals surface area contributed by atoms with Crippen molar-refractivity contribution in [1.29, 1.82) is 0 Å². The van der Waals surface area contributed by atoms with Crippen LogP contribution in [-0.2, 0) is 14.8 Å². The smallest absolute Gasteiger partial charge is 0.223 e. The predicted molar refractivity (Wildman–Crippen MR) is 98.2 cm³/mol. The minimum Gasteiger partial charge on any atom is -0.491 e. The summed E-state index contributed by atoms with van der Waals surface area (Å²) < 4.78 is 30.2. The van der Waals surface area contributed by atoms with Crippen LogP contribution in [0.2, 0.25) is 0 Å². The van der Waals surface area contributed by atoms with Gasteiger partial charge in [-0.3, -0.25) is 4.79 Å². The highest BCUT2D eigenvalue weighted by atomic mass is 32.2. The number of hydrogen-bond acceptors (Lipinski definition) is 4. The van der Waals surface area contributed by atoms with Crippen LogP contribution in [0, 0.1) is 5.92 Å². The number of carbonyl (C=O) groups excluding carboxylic acids is 1. The fourth-order valence-electron chi connectivity index (χ4n) is 3.02. The molecule has 1 N–H and O–H groups in total. The number of amides is 1. The van der Waals surface area contributed by atoms with Crippen molar-refractivity contribution in [3.05, 3.63) is 29.8 Å². The maximum atomic E-state index is 12.2. The SMILES string of the molecule is CC(C)c1ccccc1OCCNC(=O)C1CCN(S(C)(=O)=O)CC1. The maximum absolute atomic E-state index is 12.2. The van der Waals surface area contributed by atoms with Gasteiger partial charge in [0.1, 0.15) is 12.4 Å². The standard InChI is InChI=1S/C18H28N2O4S/c1-14(2)16-6-4-5-7-17(16)24-13-10-19-18(21)15-8-11-20(12-9-15)25(3,22)23/h4-7,14-15H,8-13H2,1-3H3,(H,19,21). The maximum Gasteiger partial charge on any atom is 0.223 e. The van der Waals surface area contributed by atoms with Gasteiger partial charge in [0.05, 0.1) is 12.8 Å². The van der Waals surface area contributed by atoms with Gasteiger partial charge >= 0.3 is 0 Å². The van der Waals surface area contributed by atoms with Gasteiger partial charge in [-0.15, -0.1) is 0 Å². The lowest BCUT2D eigenvalue weighted by Crippen LogP contribution is -2.43. The highest BCUT2D eigenvalue weighted by Gasteiger charge is 2.28. The van der Waals surface area contributed by atoms with Crippen molar-refractivity contribution in [3.63, 3.8) is 0 Å². The van der Waals surface area contributed by atoms with E-state index in [9.17, 15) is 13.2 Å². The lowest BCUT2D eigenvalue weighted by molar-refractivity contribution is -0.126. The second-order valence-electron chi connectivity index (χ2n) is 6.77. The van der Waals surface area contributed by atoms with E-state index in [2.05, 4.69) is 19.2 Å². The first-order chi connectivity index (χ1) is 11.8. The summed E-state index contributed by atoms with van der Waals surface area (Å²) in [6, 6.07) is 7.92. The molecule has 25 heavy (non-hydrogen) atoms. The number of nitrogens with one attached hydrogen (secondary N) is 1. The molecular formula is C18H28N2O4S. The molecule has 1 fully saturated rings. The van der Waals surface area contributed by atoms with E-state index in [0.29, 0.717) is 45.0 Å². The van der Waals surface area contributed by atoms with Crippen LogP contribution in [-0.4, -0.2) is 51.1 Å². The van der Waals surface area contributed by atoms with Crippen molar-refractivity contribution in [2.24, 2.45) is 5.92 Å². The van der Waals surface area contributed by atoms with Gasteiger partial charge in [-0.05, 0) is 30.4 Å². The fraction of sp³-hybridized carbons (Fsp3) is 0.611. The Hall–Kier alpha value is -1.60. The van der Waals surface area contributed by atoms with Gasteiger partial charge < -0.3 is 10.1 Å².